The van der Waals surface area contributed by atoms with Gasteiger partial charge in [-0.05, 0) is 86.3 Å². The van der Waals surface area contributed by atoms with Gasteiger partial charge in [-0.3, -0.25) is 14.2 Å². The van der Waals surface area contributed by atoms with Crippen LogP contribution in [-0.2, 0) is 0 Å². The van der Waals surface area contributed by atoms with Crippen LogP contribution >= 0.6 is 0 Å². The van der Waals surface area contributed by atoms with E-state index in [1.165, 1.54) is 0 Å². The summed E-state index contributed by atoms with van der Waals surface area (Å²) >= 11 is 0. The standard InChI is InChI=1S/C30H33N3O3/c1-6-18-32(29(34)22-13-16-24(36-5)17-14-22)27(7-2)28-31-26-11-9-8-10-25(26)30(35)33(28)23-15-12-20(3)21(4)19-23/h8-17,19,27H,6-7,18H2,1-5H3. The molecule has 0 saturated carbocycles. The Morgan fingerprint density at radius 2 is 1.72 bits per heavy atom. The number of amides is 1. The van der Waals surface area contributed by atoms with Gasteiger partial charge < -0.3 is 9.64 Å². The smallest absolute Gasteiger partial charge is 0.266 e. The molecular formula is C30H33N3O3. The first-order valence-electron chi connectivity index (χ1n) is 12.4. The predicted molar refractivity (Wildman–Crippen MR) is 144 cm³/mol. The summed E-state index contributed by atoms with van der Waals surface area (Å²) in [6, 6.07) is 20.1. The number of para-hydroxylation sites is 1. The van der Waals surface area contributed by atoms with E-state index in [9.17, 15) is 9.59 Å². The maximum absolute atomic E-state index is 13.9. The highest BCUT2D eigenvalue weighted by Crippen LogP contribution is 2.28. The van der Waals surface area contributed by atoms with Gasteiger partial charge in [0, 0.05) is 12.1 Å². The van der Waals surface area contributed by atoms with Crippen molar-refractivity contribution in [3.63, 3.8) is 0 Å². The second kappa shape index (κ2) is 10.8. The highest BCUT2D eigenvalue weighted by molar-refractivity contribution is 5.94. The van der Waals surface area contributed by atoms with Gasteiger partial charge in [-0.15, -0.1) is 0 Å². The fourth-order valence-electron chi connectivity index (χ4n) is 4.57. The van der Waals surface area contributed by atoms with E-state index < -0.39 is 6.04 Å². The summed E-state index contributed by atoms with van der Waals surface area (Å²) in [5.74, 6) is 1.17. The molecular weight excluding hydrogens is 450 g/mol. The Kier molecular flexibility index (Phi) is 7.53. The normalized spacial score (nSPS) is 11.9. The highest BCUT2D eigenvalue weighted by atomic mass is 16.5. The molecule has 0 spiro atoms. The van der Waals surface area contributed by atoms with E-state index in [1.54, 1.807) is 42.0 Å². The van der Waals surface area contributed by atoms with Crippen LogP contribution in [0.3, 0.4) is 0 Å². The van der Waals surface area contributed by atoms with Crippen LogP contribution in [0.5, 0.6) is 5.75 Å². The molecule has 0 aliphatic rings. The molecule has 1 unspecified atom stereocenters. The fourth-order valence-corrected chi connectivity index (χ4v) is 4.57. The number of carbonyl (C=O) groups is 1. The maximum atomic E-state index is 13.9. The number of methoxy groups -OCH3 is 1. The lowest BCUT2D eigenvalue weighted by Gasteiger charge is -2.32. The number of ether oxygens (including phenoxy) is 1. The first-order chi connectivity index (χ1) is 17.4. The van der Waals surface area contributed by atoms with Crippen LogP contribution in [0, 0.1) is 13.8 Å². The Morgan fingerprint density at radius 3 is 2.36 bits per heavy atom. The van der Waals surface area contributed by atoms with Crippen molar-refractivity contribution < 1.29 is 9.53 Å². The fraction of sp³-hybridized carbons (Fsp3) is 0.300. The second-order valence-corrected chi connectivity index (χ2v) is 9.05. The Labute approximate surface area is 212 Å². The van der Waals surface area contributed by atoms with Crippen LogP contribution in [0.15, 0.2) is 71.5 Å². The van der Waals surface area contributed by atoms with Crippen molar-refractivity contribution >= 4 is 16.8 Å². The van der Waals surface area contributed by atoms with Crippen LogP contribution in [0.2, 0.25) is 0 Å². The molecule has 6 nitrogen and oxygen atoms in total. The summed E-state index contributed by atoms with van der Waals surface area (Å²) in [5, 5.41) is 0.554. The molecule has 0 fully saturated rings. The van der Waals surface area contributed by atoms with Crippen LogP contribution in [0.1, 0.15) is 60.0 Å². The molecule has 0 aliphatic carbocycles. The number of carbonyl (C=O) groups excluding carboxylic acids is 1. The molecule has 0 radical (unpaired) electrons. The van der Waals surface area contributed by atoms with Gasteiger partial charge in [-0.25, -0.2) is 4.98 Å². The van der Waals surface area contributed by atoms with Crippen molar-refractivity contribution in [3.8, 4) is 11.4 Å². The van der Waals surface area contributed by atoms with Gasteiger partial charge in [-0.2, -0.15) is 0 Å². The molecule has 4 aromatic rings. The Hall–Kier alpha value is -3.93. The van der Waals surface area contributed by atoms with Crippen molar-refractivity contribution in [1.82, 2.24) is 14.5 Å². The Bertz CT molecular complexity index is 1440. The SMILES string of the molecule is CCCN(C(=O)c1ccc(OC)cc1)C(CC)c1nc2ccccc2c(=O)n1-c1ccc(C)c(C)c1. The van der Waals surface area contributed by atoms with E-state index in [0.717, 1.165) is 23.2 Å². The van der Waals surface area contributed by atoms with Gasteiger partial charge in [-0.1, -0.05) is 32.0 Å². The van der Waals surface area contributed by atoms with E-state index in [-0.39, 0.29) is 11.5 Å². The molecule has 0 aliphatic heterocycles. The largest absolute Gasteiger partial charge is 0.497 e. The van der Waals surface area contributed by atoms with Crippen molar-refractivity contribution in [2.75, 3.05) is 13.7 Å². The number of aryl methyl sites for hydroxylation is 2. The zero-order chi connectivity index (χ0) is 25.8. The number of rotatable bonds is 8. The van der Waals surface area contributed by atoms with E-state index in [4.69, 9.17) is 9.72 Å². The Morgan fingerprint density at radius 1 is 1.00 bits per heavy atom. The van der Waals surface area contributed by atoms with Crippen LogP contribution in [0.25, 0.3) is 16.6 Å². The van der Waals surface area contributed by atoms with Gasteiger partial charge in [0.1, 0.15) is 11.6 Å². The molecule has 1 heterocycles. The summed E-state index contributed by atoms with van der Waals surface area (Å²) in [5.41, 5.74) is 4.06. The van der Waals surface area contributed by atoms with Gasteiger partial charge in [0.2, 0.25) is 0 Å². The van der Waals surface area contributed by atoms with Gasteiger partial charge in [0.15, 0.2) is 0 Å². The third kappa shape index (κ3) is 4.76. The molecule has 3 aromatic carbocycles. The lowest BCUT2D eigenvalue weighted by Crippen LogP contribution is -2.39. The molecule has 4 rings (SSSR count). The summed E-state index contributed by atoms with van der Waals surface area (Å²) in [6.45, 7) is 8.70. The molecule has 1 amide bonds. The summed E-state index contributed by atoms with van der Waals surface area (Å²) < 4.78 is 6.95. The first-order valence-corrected chi connectivity index (χ1v) is 12.4. The van der Waals surface area contributed by atoms with Crippen molar-refractivity contribution in [2.45, 2.75) is 46.6 Å². The van der Waals surface area contributed by atoms with Crippen LogP contribution in [-0.4, -0.2) is 34.0 Å². The molecule has 36 heavy (non-hydrogen) atoms. The van der Waals surface area contributed by atoms with E-state index in [1.807, 2.05) is 69.0 Å². The van der Waals surface area contributed by atoms with E-state index in [2.05, 4.69) is 0 Å². The molecule has 1 atom stereocenters. The number of fused-ring (bicyclic) bond motifs is 1. The molecule has 0 N–H and O–H groups in total. The predicted octanol–water partition coefficient (Wildman–Crippen LogP) is 6.01. The minimum absolute atomic E-state index is 0.0969. The lowest BCUT2D eigenvalue weighted by atomic mass is 10.1. The molecule has 186 valence electrons. The van der Waals surface area contributed by atoms with Crippen molar-refractivity contribution in [2.24, 2.45) is 0 Å². The third-order valence-electron chi connectivity index (χ3n) is 6.67. The summed E-state index contributed by atoms with van der Waals surface area (Å²) in [6.07, 6.45) is 1.39. The molecule has 1 aromatic heterocycles. The number of aromatic nitrogens is 2. The van der Waals surface area contributed by atoms with Gasteiger partial charge >= 0.3 is 0 Å². The minimum Gasteiger partial charge on any atom is -0.497 e. The maximum Gasteiger partial charge on any atom is 0.266 e. The lowest BCUT2D eigenvalue weighted by molar-refractivity contribution is 0.0659. The van der Waals surface area contributed by atoms with Crippen LogP contribution < -0.4 is 10.3 Å². The van der Waals surface area contributed by atoms with Gasteiger partial charge in [0.25, 0.3) is 11.5 Å². The average Bonchev–Trinajstić information content (AvgIpc) is 2.90. The quantitative estimate of drug-likeness (QED) is 0.308. The molecule has 0 bridgehead atoms. The van der Waals surface area contributed by atoms with Gasteiger partial charge in [0.05, 0.1) is 29.7 Å². The molecule has 0 saturated heterocycles. The average molecular weight is 484 g/mol. The molecule has 6 heteroatoms. The third-order valence-corrected chi connectivity index (χ3v) is 6.67. The number of hydrogen-bond donors (Lipinski definition) is 0. The second-order valence-electron chi connectivity index (χ2n) is 9.05. The number of hydrogen-bond acceptors (Lipinski definition) is 4. The van der Waals surface area contributed by atoms with Crippen LogP contribution in [0.4, 0.5) is 0 Å². The minimum atomic E-state index is -0.390. The van der Waals surface area contributed by atoms with Crippen molar-refractivity contribution in [3.05, 3.63) is 99.6 Å². The Balaban J connectivity index is 1.93. The van der Waals surface area contributed by atoms with E-state index in [0.29, 0.717) is 41.0 Å². The monoisotopic (exact) mass is 483 g/mol. The van der Waals surface area contributed by atoms with E-state index >= 15 is 0 Å². The zero-order valence-corrected chi connectivity index (χ0v) is 21.6. The van der Waals surface area contributed by atoms with Crippen molar-refractivity contribution in [1.29, 1.82) is 0 Å². The first kappa shape index (κ1) is 25.2. The zero-order valence-electron chi connectivity index (χ0n) is 21.6. The highest BCUT2D eigenvalue weighted by Gasteiger charge is 2.29. The topological polar surface area (TPSA) is 64.4 Å². The number of benzene rings is 3. The number of nitrogens with zero attached hydrogens (tertiary/aromatic N) is 3. The summed E-state index contributed by atoms with van der Waals surface area (Å²) in [4.78, 5) is 34.5. The summed E-state index contributed by atoms with van der Waals surface area (Å²) in [7, 11) is 1.60.